The Bertz CT molecular complexity index is 2350. The summed E-state index contributed by atoms with van der Waals surface area (Å²) in [5.41, 5.74) is 0. The molecule has 28 atom stereocenters. The van der Waals surface area contributed by atoms with Gasteiger partial charge >= 0.3 is 17.9 Å². The molecule has 5 rings (SSSR count). The first kappa shape index (κ1) is 72.0. The first-order valence-electron chi connectivity index (χ1n) is 26.5. The maximum absolute atomic E-state index is 13.5. The predicted molar refractivity (Wildman–Crippen MR) is 265 cm³/mol. The van der Waals surface area contributed by atoms with Crippen molar-refractivity contribution in [2.75, 3.05) is 33.0 Å². The molecule has 86 heavy (non-hydrogen) atoms. The lowest BCUT2D eigenvalue weighted by Crippen LogP contribution is -2.72. The Balaban J connectivity index is 1.48. The van der Waals surface area contributed by atoms with Crippen molar-refractivity contribution in [1.29, 1.82) is 0 Å². The molecule has 5 aliphatic rings. The highest BCUT2D eigenvalue weighted by Gasteiger charge is 2.63. The van der Waals surface area contributed by atoms with Gasteiger partial charge in [-0.25, -0.2) is 14.4 Å². The molecule has 0 radical (unpaired) electrons. The summed E-state index contributed by atoms with van der Waals surface area (Å²) < 4.78 is 50.8. The van der Waals surface area contributed by atoms with Gasteiger partial charge < -0.3 is 161 Å². The van der Waals surface area contributed by atoms with Gasteiger partial charge in [0.1, 0.15) is 104 Å². The van der Waals surface area contributed by atoms with Gasteiger partial charge in [0.2, 0.25) is 23.6 Å². The number of carboxylic acid groups (broad SMARTS) is 3. The van der Waals surface area contributed by atoms with Crippen LogP contribution in [0.3, 0.4) is 0 Å². The summed E-state index contributed by atoms with van der Waals surface area (Å²) in [5.74, 6) is -20.1. The van der Waals surface area contributed by atoms with Crippen molar-refractivity contribution >= 4 is 41.5 Å². The minimum atomic E-state index is -3.50. The molecule has 0 aromatic carbocycles. The first-order chi connectivity index (χ1) is 40.1. The fourth-order valence-corrected chi connectivity index (χ4v) is 10.6. The second-order valence-electron chi connectivity index (χ2n) is 21.2. The molecule has 5 fully saturated rings. The number of nitrogens with one attached hydrogen (secondary N) is 4. The second kappa shape index (κ2) is 29.7. The van der Waals surface area contributed by atoms with Crippen LogP contribution < -0.4 is 21.3 Å². The van der Waals surface area contributed by atoms with E-state index in [4.69, 9.17) is 42.6 Å². The number of carbonyl (C=O) groups is 7. The van der Waals surface area contributed by atoms with Crippen LogP contribution in [-0.2, 0) is 76.2 Å². The van der Waals surface area contributed by atoms with Crippen LogP contribution in [0, 0.1) is 0 Å². The fourth-order valence-electron chi connectivity index (χ4n) is 10.6. The number of carboxylic acids is 3. The summed E-state index contributed by atoms with van der Waals surface area (Å²) in [6.07, 6.45) is -51.4. The van der Waals surface area contributed by atoms with Gasteiger partial charge in [-0.3, -0.25) is 19.2 Å². The van der Waals surface area contributed by atoms with Gasteiger partial charge in [-0.1, -0.05) is 0 Å². The van der Waals surface area contributed by atoms with E-state index in [0.29, 0.717) is 0 Å². The van der Waals surface area contributed by atoms with Gasteiger partial charge in [0, 0.05) is 47.0 Å². The monoisotopic (exact) mass is 1260 g/mol. The highest BCUT2D eigenvalue weighted by atomic mass is 16.8. The molecule has 39 heteroatoms. The number of aliphatic hydroxyl groups excluding tert-OH is 16. The molecule has 5 heterocycles. The molecule has 23 N–H and O–H groups in total. The van der Waals surface area contributed by atoms with Crippen LogP contribution in [0.1, 0.15) is 47.0 Å². The van der Waals surface area contributed by atoms with E-state index in [1.165, 1.54) is 0 Å². The lowest BCUT2D eigenvalue weighted by atomic mass is 9.87. The Morgan fingerprint density at radius 1 is 0.500 bits per heavy atom. The van der Waals surface area contributed by atoms with Crippen molar-refractivity contribution in [2.45, 2.75) is 217 Å². The number of amides is 4. The Morgan fingerprint density at radius 3 is 1.31 bits per heavy atom. The number of ether oxygens (including phenoxy) is 9. The van der Waals surface area contributed by atoms with Crippen LogP contribution in [0.25, 0.3) is 0 Å². The average Bonchev–Trinajstić information content (AvgIpc) is 0.832. The maximum Gasteiger partial charge on any atom is 0.364 e. The van der Waals surface area contributed by atoms with Gasteiger partial charge in [0.05, 0.1) is 69.5 Å². The smallest absolute Gasteiger partial charge is 0.364 e. The molecule has 494 valence electrons. The topological polar surface area (TPSA) is 635 Å². The summed E-state index contributed by atoms with van der Waals surface area (Å²) in [7, 11) is 0. The first-order valence-corrected chi connectivity index (χ1v) is 26.5. The van der Waals surface area contributed by atoms with Crippen molar-refractivity contribution in [3.63, 3.8) is 0 Å². The van der Waals surface area contributed by atoms with Gasteiger partial charge in [-0.05, 0) is 0 Å². The summed E-state index contributed by atoms with van der Waals surface area (Å²) in [6, 6.07) is -7.33. The van der Waals surface area contributed by atoms with Crippen LogP contribution in [0.5, 0.6) is 0 Å². The molecular formula is C47H76N4O35. The Morgan fingerprint density at radius 2 is 0.895 bits per heavy atom. The number of carbonyl (C=O) groups excluding carboxylic acids is 4. The zero-order chi connectivity index (χ0) is 64.8. The predicted octanol–water partition coefficient (Wildman–Crippen LogP) is -13.7. The van der Waals surface area contributed by atoms with Gasteiger partial charge in [-0.15, -0.1) is 0 Å². The van der Waals surface area contributed by atoms with E-state index in [1.54, 1.807) is 0 Å². The van der Waals surface area contributed by atoms with Crippen molar-refractivity contribution in [3.05, 3.63) is 0 Å². The van der Waals surface area contributed by atoms with E-state index in [1.807, 2.05) is 0 Å². The van der Waals surface area contributed by atoms with Gasteiger partial charge in [0.25, 0.3) is 17.4 Å². The molecule has 5 saturated heterocycles. The number of aliphatic hydroxyl groups is 16. The lowest BCUT2D eigenvalue weighted by molar-refractivity contribution is -0.384. The summed E-state index contributed by atoms with van der Waals surface area (Å²) in [4.78, 5) is 88.6. The Hall–Kier alpha value is -4.71. The van der Waals surface area contributed by atoms with E-state index < -0.39 is 264 Å². The summed E-state index contributed by atoms with van der Waals surface area (Å²) >= 11 is 0. The molecule has 0 spiro atoms. The van der Waals surface area contributed by atoms with Crippen LogP contribution in [0.2, 0.25) is 0 Å². The van der Waals surface area contributed by atoms with E-state index in [9.17, 15) is 131 Å². The van der Waals surface area contributed by atoms with E-state index in [-0.39, 0.29) is 0 Å². The molecule has 0 unspecified atom stereocenters. The van der Waals surface area contributed by atoms with Crippen LogP contribution in [0.4, 0.5) is 0 Å². The molecule has 4 amide bonds. The van der Waals surface area contributed by atoms with E-state index in [0.717, 1.165) is 27.7 Å². The minimum absolute atomic E-state index is 0.830. The van der Waals surface area contributed by atoms with E-state index in [2.05, 4.69) is 21.3 Å². The molecule has 0 aliphatic carbocycles. The van der Waals surface area contributed by atoms with Crippen molar-refractivity contribution < 1.29 is 173 Å². The number of hydrogen-bond acceptors (Lipinski definition) is 32. The van der Waals surface area contributed by atoms with Crippen molar-refractivity contribution in [2.24, 2.45) is 0 Å². The zero-order valence-corrected chi connectivity index (χ0v) is 46.1. The molecule has 0 aromatic heterocycles. The average molecular weight is 1260 g/mol. The summed E-state index contributed by atoms with van der Waals surface area (Å²) in [5, 5.41) is 215. The Kier molecular flexibility index (Phi) is 24.9. The quantitative estimate of drug-likeness (QED) is 0.0382. The fraction of sp³-hybridized carbons (Fsp3) is 0.851. The third kappa shape index (κ3) is 15.8. The number of aliphatic carboxylic acids is 3. The standard InChI is InChI=1S/C47H76N4O35/c1-13(56)48-25-17(60)5-45(42(72)73,83-36(25)29(65)20(63)8-52)78-12-24-33(69)35(28(40(71)79-24)51-16(4)59)81-41-34(70)39(31(67)22(10-54)80-41)86-47(44(76)77)7-19(62)27(50-15(3)58)38(85-47)32(68)23(11-55)82-46(43(74)75)6-18(61)26(49-14(2)57)37(84-46)30(66)21(64)9-53/h17-41,52-55,60-71H,5-12H2,1-4H3,(H,48,56)(H,49,57)(H,50,58)(H,51,59)(H,72,73)(H,74,75)(H,76,77)/t17-,18-,19-,20+,21+,22+,23+,24+,25+,26+,27+,28+,29+,30+,31-,32+,33-,34+,35+,36+,37+,38+,39-,40-,41-,45+,46+,47-/m0/s1. The van der Waals surface area contributed by atoms with E-state index >= 15 is 0 Å². The molecule has 5 aliphatic heterocycles. The van der Waals surface area contributed by atoms with Crippen LogP contribution in [0.15, 0.2) is 0 Å². The third-order valence-corrected chi connectivity index (χ3v) is 14.9. The molecule has 0 aromatic rings. The highest BCUT2D eigenvalue weighted by molar-refractivity contribution is 5.78. The van der Waals surface area contributed by atoms with Gasteiger partial charge in [-0.2, -0.15) is 0 Å². The summed E-state index contributed by atoms with van der Waals surface area (Å²) in [6.45, 7) is -2.62. The SMILES string of the molecule is CC(=O)N[C@@H]1[C@@H](O[C@@H]2O[C@H](CO)[C@H](O)[C@H](O[C@]3(C(=O)O)C[C@H](O)[C@@H](NC(C)=O)[C@H]([C@H](O)[C@@H](CO)O[C@]4(C(=O)O)C[C@H](O)[C@@H](NC(C)=O)[C@H]([C@H](O)[C@H](O)CO)O4)O3)[C@H]2O)[C@@H](O)[C@@H](CO[C@]2(C(=O)O)C[C@H](O)[C@@H](NC(C)=O)[C@H]([C@H](O)[C@H](O)CO)O2)O[C@@H]1O. The Labute approximate surface area is 485 Å². The van der Waals surface area contributed by atoms with Crippen LogP contribution >= 0.6 is 0 Å². The van der Waals surface area contributed by atoms with Crippen molar-refractivity contribution in [3.8, 4) is 0 Å². The lowest BCUT2D eigenvalue weighted by Gasteiger charge is -2.51. The number of hydrogen-bond donors (Lipinski definition) is 23. The molecule has 39 nitrogen and oxygen atoms in total. The highest BCUT2D eigenvalue weighted by Crippen LogP contribution is 2.41. The molecule has 0 saturated carbocycles. The zero-order valence-electron chi connectivity index (χ0n) is 46.1. The van der Waals surface area contributed by atoms with Crippen molar-refractivity contribution in [1.82, 2.24) is 21.3 Å². The normalized spacial score (nSPS) is 40.6. The number of rotatable bonds is 26. The second-order valence-corrected chi connectivity index (χ2v) is 21.2. The van der Waals surface area contributed by atoms with Crippen LogP contribution in [-0.4, -0.2) is 342 Å². The molecular weight excluding hydrogens is 1180 g/mol. The minimum Gasteiger partial charge on any atom is -0.477 e. The largest absolute Gasteiger partial charge is 0.477 e. The van der Waals surface area contributed by atoms with Gasteiger partial charge in [0.15, 0.2) is 12.6 Å². The maximum atomic E-state index is 13.5. The molecule has 0 bridgehead atoms. The third-order valence-electron chi connectivity index (χ3n) is 14.9.